The highest BCUT2D eigenvalue weighted by Crippen LogP contribution is 2.07. The minimum atomic E-state index is -2.00. The molecule has 0 radical (unpaired) electrons. The van der Waals surface area contributed by atoms with Gasteiger partial charge >= 0.3 is 0 Å². The molecule has 3 nitrogen and oxygen atoms in total. The average molecular weight is 263 g/mol. The van der Waals surface area contributed by atoms with E-state index >= 15 is 0 Å². The van der Waals surface area contributed by atoms with Gasteiger partial charge in [-0.05, 0) is 27.6 Å². The van der Waals surface area contributed by atoms with Crippen molar-refractivity contribution in [3.05, 3.63) is 28.5 Å². The number of pyridine rings is 1. The highest BCUT2D eigenvalue weighted by molar-refractivity contribution is 9.10. The minimum absolute atomic E-state index is 0.464. The Morgan fingerprint density at radius 2 is 2.23 bits per heavy atom. The van der Waals surface area contributed by atoms with Crippen LogP contribution in [0.5, 0.6) is 0 Å². The van der Waals surface area contributed by atoms with Crippen molar-refractivity contribution >= 4 is 25.7 Å². The van der Waals surface area contributed by atoms with Crippen molar-refractivity contribution in [2.75, 3.05) is 12.5 Å². The van der Waals surface area contributed by atoms with Gasteiger partial charge in [0.15, 0.2) is 0 Å². The molecular weight excluding hydrogens is 252 g/mol. The maximum absolute atomic E-state index is 11.2. The van der Waals surface area contributed by atoms with Crippen molar-refractivity contribution in [2.24, 2.45) is 4.36 Å². The molecule has 1 aromatic rings. The minimum Gasteiger partial charge on any atom is -0.250 e. The van der Waals surface area contributed by atoms with E-state index in [1.54, 1.807) is 18.7 Å². The van der Waals surface area contributed by atoms with Gasteiger partial charge in [-0.15, -0.1) is 0 Å². The zero-order valence-electron chi connectivity index (χ0n) is 7.53. The fraction of sp³-hybridized carbons (Fsp3) is 0.375. The first-order valence-electron chi connectivity index (χ1n) is 3.71. The van der Waals surface area contributed by atoms with Crippen LogP contribution in [0.25, 0.3) is 0 Å². The smallest absolute Gasteiger partial charge is 0.106 e. The molecule has 0 saturated carbocycles. The van der Waals surface area contributed by atoms with Gasteiger partial charge in [0.05, 0.1) is 6.54 Å². The number of nitrogens with zero attached hydrogens (tertiary/aromatic N) is 2. The summed E-state index contributed by atoms with van der Waals surface area (Å²) in [5.74, 6) is 0. The molecule has 0 amide bonds. The first kappa shape index (κ1) is 10.7. The SMILES string of the molecule is CS(C)(=O)=NCc1ccc(Br)nc1. The van der Waals surface area contributed by atoms with Crippen molar-refractivity contribution in [1.29, 1.82) is 0 Å². The molecule has 0 spiro atoms. The monoisotopic (exact) mass is 262 g/mol. The molecule has 0 aliphatic rings. The van der Waals surface area contributed by atoms with Crippen LogP contribution in [0, 0.1) is 0 Å². The first-order chi connectivity index (χ1) is 5.97. The summed E-state index contributed by atoms with van der Waals surface area (Å²) in [6.07, 6.45) is 4.97. The van der Waals surface area contributed by atoms with E-state index in [1.807, 2.05) is 12.1 Å². The molecule has 0 fully saturated rings. The highest BCUT2D eigenvalue weighted by Gasteiger charge is 1.94. The lowest BCUT2D eigenvalue weighted by Crippen LogP contribution is -1.93. The summed E-state index contributed by atoms with van der Waals surface area (Å²) < 4.78 is 16.1. The third-order valence-electron chi connectivity index (χ3n) is 1.35. The van der Waals surface area contributed by atoms with Gasteiger partial charge in [-0.25, -0.2) is 9.35 Å². The maximum Gasteiger partial charge on any atom is 0.106 e. The van der Waals surface area contributed by atoms with Gasteiger partial charge in [0, 0.05) is 28.4 Å². The molecule has 13 heavy (non-hydrogen) atoms. The van der Waals surface area contributed by atoms with E-state index in [9.17, 15) is 4.21 Å². The Balaban J connectivity index is 2.77. The summed E-state index contributed by atoms with van der Waals surface area (Å²) in [5.41, 5.74) is 0.972. The van der Waals surface area contributed by atoms with Crippen molar-refractivity contribution in [2.45, 2.75) is 6.54 Å². The zero-order valence-corrected chi connectivity index (χ0v) is 9.93. The Hall–Kier alpha value is -0.420. The predicted octanol–water partition coefficient (Wildman–Crippen LogP) is 2.07. The fourth-order valence-corrected chi connectivity index (χ4v) is 1.42. The molecule has 0 atom stereocenters. The van der Waals surface area contributed by atoms with Gasteiger partial charge in [0.1, 0.15) is 4.60 Å². The molecule has 1 aromatic heterocycles. The predicted molar refractivity (Wildman–Crippen MR) is 58.1 cm³/mol. The van der Waals surface area contributed by atoms with E-state index in [4.69, 9.17) is 0 Å². The number of halogens is 1. The molecule has 0 bridgehead atoms. The quantitative estimate of drug-likeness (QED) is 0.766. The lowest BCUT2D eigenvalue weighted by atomic mass is 10.3. The van der Waals surface area contributed by atoms with Gasteiger partial charge in [0.25, 0.3) is 0 Å². The van der Waals surface area contributed by atoms with E-state index in [0.717, 1.165) is 10.2 Å². The van der Waals surface area contributed by atoms with E-state index in [0.29, 0.717) is 6.54 Å². The second-order valence-corrected chi connectivity index (χ2v) is 6.39. The molecule has 0 saturated heterocycles. The van der Waals surface area contributed by atoms with E-state index < -0.39 is 9.73 Å². The molecule has 0 aromatic carbocycles. The van der Waals surface area contributed by atoms with Crippen molar-refractivity contribution in [3.8, 4) is 0 Å². The average Bonchev–Trinajstić information content (AvgIpc) is 2.02. The third kappa shape index (κ3) is 4.38. The molecule has 0 N–H and O–H groups in total. The van der Waals surface area contributed by atoms with Crippen LogP contribution >= 0.6 is 15.9 Å². The number of aromatic nitrogens is 1. The fourth-order valence-electron chi connectivity index (χ4n) is 0.730. The molecule has 1 heterocycles. The van der Waals surface area contributed by atoms with Crippen LogP contribution in [-0.4, -0.2) is 21.7 Å². The Bertz CT molecular complexity index is 385. The van der Waals surface area contributed by atoms with Crippen molar-refractivity contribution < 1.29 is 4.21 Å². The number of hydrogen-bond donors (Lipinski definition) is 0. The van der Waals surface area contributed by atoms with Crippen LogP contribution in [0.2, 0.25) is 0 Å². The van der Waals surface area contributed by atoms with Gasteiger partial charge in [0.2, 0.25) is 0 Å². The lowest BCUT2D eigenvalue weighted by Gasteiger charge is -1.97. The summed E-state index contributed by atoms with van der Waals surface area (Å²) in [7, 11) is -2.00. The van der Waals surface area contributed by atoms with E-state index in [2.05, 4.69) is 25.3 Å². The standard InChI is InChI=1S/C8H11BrN2OS/c1-13(2,12)11-6-7-3-4-8(9)10-5-7/h3-5H,6H2,1-2H3. The third-order valence-corrected chi connectivity index (χ3v) is 2.57. The van der Waals surface area contributed by atoms with Crippen LogP contribution in [0.3, 0.4) is 0 Å². The normalized spacial score (nSPS) is 11.3. The van der Waals surface area contributed by atoms with Gasteiger partial charge in [-0.2, -0.15) is 0 Å². The molecule has 0 aliphatic carbocycles. The summed E-state index contributed by atoms with van der Waals surface area (Å²) >= 11 is 3.24. The Labute approximate surface area is 86.9 Å². The van der Waals surface area contributed by atoms with Crippen molar-refractivity contribution in [3.63, 3.8) is 0 Å². The Morgan fingerprint density at radius 1 is 1.54 bits per heavy atom. The Morgan fingerprint density at radius 3 is 2.69 bits per heavy atom. The van der Waals surface area contributed by atoms with Gasteiger partial charge < -0.3 is 0 Å². The van der Waals surface area contributed by atoms with Crippen LogP contribution in [-0.2, 0) is 16.3 Å². The molecule has 1 rings (SSSR count). The molecule has 0 aliphatic heterocycles. The zero-order chi connectivity index (χ0) is 9.90. The highest BCUT2D eigenvalue weighted by atomic mass is 79.9. The molecular formula is C8H11BrN2OS. The van der Waals surface area contributed by atoms with Gasteiger partial charge in [-0.1, -0.05) is 6.07 Å². The summed E-state index contributed by atoms with van der Waals surface area (Å²) in [6, 6.07) is 3.75. The molecule has 72 valence electrons. The van der Waals surface area contributed by atoms with Crippen LogP contribution < -0.4 is 0 Å². The molecule has 0 unspecified atom stereocenters. The first-order valence-corrected chi connectivity index (χ1v) is 6.83. The van der Waals surface area contributed by atoms with E-state index in [-0.39, 0.29) is 0 Å². The molecule has 5 heteroatoms. The second kappa shape index (κ2) is 4.19. The Kier molecular flexibility index (Phi) is 3.44. The van der Waals surface area contributed by atoms with E-state index in [1.165, 1.54) is 0 Å². The van der Waals surface area contributed by atoms with Crippen LogP contribution in [0.15, 0.2) is 27.3 Å². The van der Waals surface area contributed by atoms with Crippen LogP contribution in [0.4, 0.5) is 0 Å². The van der Waals surface area contributed by atoms with Gasteiger partial charge in [-0.3, -0.25) is 4.21 Å². The number of hydrogen-bond acceptors (Lipinski definition) is 3. The summed E-state index contributed by atoms with van der Waals surface area (Å²) in [6.45, 7) is 0.464. The summed E-state index contributed by atoms with van der Waals surface area (Å²) in [4.78, 5) is 4.04. The van der Waals surface area contributed by atoms with Crippen molar-refractivity contribution in [1.82, 2.24) is 4.98 Å². The maximum atomic E-state index is 11.2. The topological polar surface area (TPSA) is 42.3 Å². The largest absolute Gasteiger partial charge is 0.250 e. The summed E-state index contributed by atoms with van der Waals surface area (Å²) in [5, 5.41) is 0. The van der Waals surface area contributed by atoms with Crippen LogP contribution in [0.1, 0.15) is 5.56 Å². The number of rotatable bonds is 2. The second-order valence-electron chi connectivity index (χ2n) is 2.96. The lowest BCUT2D eigenvalue weighted by molar-refractivity contribution is 0.682.